The first-order chi connectivity index (χ1) is 15.3. The summed E-state index contributed by atoms with van der Waals surface area (Å²) in [6.45, 7) is 3.74. The third-order valence-corrected chi connectivity index (χ3v) is 5.92. The highest BCUT2D eigenvalue weighted by Gasteiger charge is 2.62. The monoisotopic (exact) mass is 427 g/mol. The first-order valence-electron chi connectivity index (χ1n) is 10.2. The van der Waals surface area contributed by atoms with Crippen LogP contribution in [0.5, 0.6) is 11.5 Å². The van der Waals surface area contributed by atoms with Gasteiger partial charge in [-0.2, -0.15) is 5.26 Å². The summed E-state index contributed by atoms with van der Waals surface area (Å²) >= 11 is 0. The van der Waals surface area contributed by atoms with Crippen LogP contribution in [0.15, 0.2) is 78.4 Å². The molecule has 1 saturated carbocycles. The molecular weight excluding hydrogens is 406 g/mol. The zero-order valence-electron chi connectivity index (χ0n) is 17.6. The second kappa shape index (κ2) is 8.27. The fourth-order valence-corrected chi connectivity index (χ4v) is 3.96. The molecule has 0 aromatic heterocycles. The number of hydrogen-bond donors (Lipinski definition) is 0. The quantitative estimate of drug-likeness (QED) is 0.383. The van der Waals surface area contributed by atoms with Crippen LogP contribution in [0.3, 0.4) is 0 Å². The number of nitriles is 1. The van der Waals surface area contributed by atoms with Gasteiger partial charge in [-0.3, -0.25) is 14.4 Å². The number of carbonyl (C=O) groups excluding carboxylic acids is 3. The minimum Gasteiger partial charge on any atom is -0.457 e. The summed E-state index contributed by atoms with van der Waals surface area (Å²) in [6, 6.07) is 18.1. The zero-order valence-corrected chi connectivity index (χ0v) is 17.6. The number of esters is 1. The molecule has 2 aromatic carbocycles. The molecule has 1 fully saturated rings. The van der Waals surface area contributed by atoms with E-state index in [2.05, 4.69) is 0 Å². The number of carbonyl (C=O) groups is 3. The van der Waals surface area contributed by atoms with Crippen LogP contribution >= 0.6 is 0 Å². The van der Waals surface area contributed by atoms with Crippen molar-refractivity contribution >= 4 is 17.5 Å². The van der Waals surface area contributed by atoms with Crippen LogP contribution in [0, 0.1) is 28.6 Å². The normalized spacial score (nSPS) is 21.6. The number of rotatable bonds is 6. The number of ketones is 2. The van der Waals surface area contributed by atoms with Gasteiger partial charge in [0, 0.05) is 5.56 Å². The van der Waals surface area contributed by atoms with Crippen molar-refractivity contribution < 1.29 is 23.9 Å². The van der Waals surface area contributed by atoms with E-state index in [1.165, 1.54) is 12.2 Å². The van der Waals surface area contributed by atoms with Crippen molar-refractivity contribution in [1.29, 1.82) is 5.26 Å². The van der Waals surface area contributed by atoms with Crippen LogP contribution in [0.25, 0.3) is 0 Å². The average Bonchev–Trinajstić information content (AvgIpc) is 3.18. The number of para-hydroxylation sites is 1. The van der Waals surface area contributed by atoms with E-state index in [1.807, 2.05) is 50.2 Å². The lowest BCUT2D eigenvalue weighted by Crippen LogP contribution is -2.14. The van der Waals surface area contributed by atoms with Crippen molar-refractivity contribution in [3.05, 3.63) is 84.0 Å². The Hall–Kier alpha value is -3.98. The lowest BCUT2D eigenvalue weighted by atomic mass is 10.1. The van der Waals surface area contributed by atoms with Crippen molar-refractivity contribution in [1.82, 2.24) is 0 Å². The predicted molar refractivity (Wildman–Crippen MR) is 115 cm³/mol. The van der Waals surface area contributed by atoms with Crippen molar-refractivity contribution in [3.8, 4) is 17.6 Å². The maximum absolute atomic E-state index is 12.9. The zero-order chi connectivity index (χ0) is 22.9. The maximum atomic E-state index is 12.9. The molecule has 0 spiro atoms. The molecule has 0 radical (unpaired) electrons. The Bertz CT molecular complexity index is 1170. The minimum absolute atomic E-state index is 0.0842. The van der Waals surface area contributed by atoms with Crippen LogP contribution < -0.4 is 4.74 Å². The molecule has 4 rings (SSSR count). The largest absolute Gasteiger partial charge is 0.457 e. The fraction of sp³-hybridized carbons (Fsp3) is 0.231. The molecule has 0 N–H and O–H groups in total. The molecule has 6 heteroatoms. The van der Waals surface area contributed by atoms with Gasteiger partial charge < -0.3 is 9.47 Å². The molecule has 0 aliphatic heterocycles. The number of allylic oxidation sites excluding steroid dienone is 4. The highest BCUT2D eigenvalue weighted by atomic mass is 16.5. The van der Waals surface area contributed by atoms with E-state index in [1.54, 1.807) is 30.3 Å². The number of hydrogen-bond acceptors (Lipinski definition) is 6. The Balaban J connectivity index is 1.47. The summed E-state index contributed by atoms with van der Waals surface area (Å²) in [5.74, 6) is -0.935. The molecule has 160 valence electrons. The van der Waals surface area contributed by atoms with Crippen LogP contribution in [-0.4, -0.2) is 17.5 Å². The predicted octanol–water partition coefficient (Wildman–Crippen LogP) is 4.49. The van der Waals surface area contributed by atoms with E-state index in [4.69, 9.17) is 9.47 Å². The second-order valence-corrected chi connectivity index (χ2v) is 8.40. The van der Waals surface area contributed by atoms with Gasteiger partial charge >= 0.3 is 5.97 Å². The number of ether oxygens (including phenoxy) is 2. The van der Waals surface area contributed by atoms with Gasteiger partial charge in [0.1, 0.15) is 17.6 Å². The highest BCUT2D eigenvalue weighted by molar-refractivity contribution is 6.33. The molecule has 2 aliphatic carbocycles. The van der Waals surface area contributed by atoms with Crippen LogP contribution in [0.1, 0.15) is 25.5 Å². The summed E-state index contributed by atoms with van der Waals surface area (Å²) < 4.78 is 11.3. The SMILES string of the molecule is CC1(C)C(C=C2C(=O)C=CC2=O)C1C(=O)OC(C#N)c1cccc(Oc2ccccc2)c1. The highest BCUT2D eigenvalue weighted by Crippen LogP contribution is 2.60. The lowest BCUT2D eigenvalue weighted by Gasteiger charge is -2.13. The fourth-order valence-electron chi connectivity index (χ4n) is 3.96. The molecule has 0 saturated heterocycles. The van der Waals surface area contributed by atoms with Gasteiger partial charge in [0.25, 0.3) is 0 Å². The van der Waals surface area contributed by atoms with Gasteiger partial charge in [0.15, 0.2) is 11.6 Å². The second-order valence-electron chi connectivity index (χ2n) is 8.40. The third kappa shape index (κ3) is 4.10. The van der Waals surface area contributed by atoms with Crippen molar-refractivity contribution in [3.63, 3.8) is 0 Å². The smallest absolute Gasteiger partial charge is 0.311 e. The molecule has 2 aliphatic rings. The summed E-state index contributed by atoms with van der Waals surface area (Å²) in [5.41, 5.74) is 0.0971. The molecule has 6 nitrogen and oxygen atoms in total. The first kappa shape index (κ1) is 21.3. The summed E-state index contributed by atoms with van der Waals surface area (Å²) in [7, 11) is 0. The molecule has 0 bridgehead atoms. The molecule has 0 heterocycles. The van der Waals surface area contributed by atoms with Gasteiger partial charge in [-0.25, -0.2) is 0 Å². The Kier molecular flexibility index (Phi) is 5.50. The Labute approximate surface area is 185 Å². The molecule has 3 atom stereocenters. The van der Waals surface area contributed by atoms with E-state index in [0.29, 0.717) is 17.1 Å². The van der Waals surface area contributed by atoms with Gasteiger partial charge in [-0.1, -0.05) is 50.3 Å². The summed E-state index contributed by atoms with van der Waals surface area (Å²) in [4.78, 5) is 36.6. The summed E-state index contributed by atoms with van der Waals surface area (Å²) in [5, 5.41) is 9.63. The van der Waals surface area contributed by atoms with Gasteiger partial charge in [0.05, 0.1) is 11.5 Å². The van der Waals surface area contributed by atoms with E-state index < -0.39 is 23.4 Å². The maximum Gasteiger partial charge on any atom is 0.311 e. The molecule has 3 unspecified atom stereocenters. The Morgan fingerprint density at radius 2 is 1.69 bits per heavy atom. The first-order valence-corrected chi connectivity index (χ1v) is 10.2. The van der Waals surface area contributed by atoms with E-state index in [-0.39, 0.29) is 23.1 Å². The number of benzene rings is 2. The van der Waals surface area contributed by atoms with Crippen molar-refractivity contribution in [2.45, 2.75) is 20.0 Å². The van der Waals surface area contributed by atoms with Crippen LogP contribution in [-0.2, 0) is 19.1 Å². The van der Waals surface area contributed by atoms with Gasteiger partial charge in [-0.05, 0) is 47.8 Å². The molecule has 2 aromatic rings. The van der Waals surface area contributed by atoms with E-state index in [9.17, 15) is 19.6 Å². The molecule has 32 heavy (non-hydrogen) atoms. The standard InChI is InChI=1S/C26H21NO5/c1-26(2)20(14-19-21(28)11-12-22(19)29)24(26)25(30)32-23(15-27)16-7-6-10-18(13-16)31-17-8-4-3-5-9-17/h3-14,20,23-24H,1-2H3. The van der Waals surface area contributed by atoms with Crippen LogP contribution in [0.2, 0.25) is 0 Å². The van der Waals surface area contributed by atoms with Crippen molar-refractivity contribution in [2.75, 3.05) is 0 Å². The Morgan fingerprint density at radius 3 is 2.34 bits per heavy atom. The number of nitrogens with zero attached hydrogens (tertiary/aromatic N) is 1. The minimum atomic E-state index is -1.11. The third-order valence-electron chi connectivity index (χ3n) is 5.92. The average molecular weight is 427 g/mol. The van der Waals surface area contributed by atoms with E-state index >= 15 is 0 Å². The van der Waals surface area contributed by atoms with Gasteiger partial charge in [-0.15, -0.1) is 0 Å². The molecule has 0 amide bonds. The Morgan fingerprint density at radius 1 is 1.03 bits per heavy atom. The summed E-state index contributed by atoms with van der Waals surface area (Å²) in [6.07, 6.45) is 2.91. The topological polar surface area (TPSA) is 93.5 Å². The molecular formula is C26H21NO5. The van der Waals surface area contributed by atoms with Crippen LogP contribution in [0.4, 0.5) is 0 Å². The van der Waals surface area contributed by atoms with Crippen molar-refractivity contribution in [2.24, 2.45) is 17.3 Å². The van der Waals surface area contributed by atoms with Gasteiger partial charge in [0.2, 0.25) is 6.10 Å². The lowest BCUT2D eigenvalue weighted by molar-refractivity contribution is -0.149. The van der Waals surface area contributed by atoms with E-state index in [0.717, 1.165) is 0 Å².